The molecule has 0 saturated heterocycles. The highest BCUT2D eigenvalue weighted by atomic mass is 32.2. The number of aromatic nitrogens is 1. The summed E-state index contributed by atoms with van der Waals surface area (Å²) in [6, 6.07) is 5.77. The molecular formula is C15H23N3OS. The molecule has 1 aliphatic carbocycles. The molecular weight excluding hydrogens is 270 g/mol. The zero-order chi connectivity index (χ0) is 14.6. The first-order chi connectivity index (χ1) is 9.51. The van der Waals surface area contributed by atoms with Crippen LogP contribution < -0.4 is 5.32 Å². The average molecular weight is 293 g/mol. The molecule has 1 fully saturated rings. The Labute approximate surface area is 125 Å². The molecule has 1 unspecified atom stereocenters. The minimum atomic E-state index is -0.121. The number of rotatable bonds is 6. The summed E-state index contributed by atoms with van der Waals surface area (Å²) in [6.07, 6.45) is 5.12. The molecule has 1 N–H and O–H groups in total. The highest BCUT2D eigenvalue weighted by Gasteiger charge is 2.39. The van der Waals surface area contributed by atoms with Gasteiger partial charge in [0.2, 0.25) is 5.91 Å². The molecule has 2 rings (SSSR count). The Morgan fingerprint density at radius 2 is 2.25 bits per heavy atom. The second-order valence-electron chi connectivity index (χ2n) is 5.79. The van der Waals surface area contributed by atoms with Crippen LogP contribution in [0.4, 0.5) is 0 Å². The lowest BCUT2D eigenvalue weighted by Gasteiger charge is -2.44. The van der Waals surface area contributed by atoms with Gasteiger partial charge in [0.15, 0.2) is 0 Å². The summed E-state index contributed by atoms with van der Waals surface area (Å²) in [5, 5.41) is 4.03. The van der Waals surface area contributed by atoms with E-state index in [4.69, 9.17) is 0 Å². The van der Waals surface area contributed by atoms with Crippen molar-refractivity contribution in [1.29, 1.82) is 0 Å². The molecule has 1 amide bonds. The minimum Gasteiger partial charge on any atom is -0.348 e. The first-order valence-electron chi connectivity index (χ1n) is 7.05. The van der Waals surface area contributed by atoms with Gasteiger partial charge >= 0.3 is 0 Å². The fraction of sp³-hybridized carbons (Fsp3) is 0.600. The van der Waals surface area contributed by atoms with E-state index in [1.165, 1.54) is 18.2 Å². The zero-order valence-electron chi connectivity index (χ0n) is 12.4. The molecule has 1 aliphatic rings. The molecule has 1 saturated carbocycles. The van der Waals surface area contributed by atoms with E-state index in [-0.39, 0.29) is 16.7 Å². The van der Waals surface area contributed by atoms with Crippen molar-refractivity contribution in [2.75, 3.05) is 20.6 Å². The minimum absolute atomic E-state index is 0.0144. The fourth-order valence-corrected chi connectivity index (χ4v) is 3.35. The van der Waals surface area contributed by atoms with E-state index in [9.17, 15) is 4.79 Å². The van der Waals surface area contributed by atoms with Crippen LogP contribution in [0, 0.1) is 0 Å². The Kier molecular flexibility index (Phi) is 5.05. The molecule has 1 heterocycles. The van der Waals surface area contributed by atoms with Crippen molar-refractivity contribution in [2.24, 2.45) is 0 Å². The quantitative estimate of drug-likeness (QED) is 0.817. The lowest BCUT2D eigenvalue weighted by atomic mass is 9.76. The maximum Gasteiger partial charge on any atom is 0.233 e. The zero-order valence-corrected chi connectivity index (χ0v) is 13.2. The van der Waals surface area contributed by atoms with Crippen molar-refractivity contribution in [1.82, 2.24) is 15.2 Å². The smallest absolute Gasteiger partial charge is 0.233 e. The summed E-state index contributed by atoms with van der Waals surface area (Å²) >= 11 is 1.51. The summed E-state index contributed by atoms with van der Waals surface area (Å²) < 4.78 is 0. The summed E-state index contributed by atoms with van der Waals surface area (Å²) in [6.45, 7) is 2.86. The van der Waals surface area contributed by atoms with Gasteiger partial charge in [-0.25, -0.2) is 4.98 Å². The number of thioether (sulfide) groups is 1. The third-order valence-electron chi connectivity index (χ3n) is 3.62. The Balaban J connectivity index is 1.90. The van der Waals surface area contributed by atoms with Gasteiger partial charge in [-0.2, -0.15) is 0 Å². The van der Waals surface area contributed by atoms with Crippen LogP contribution in [-0.4, -0.2) is 47.2 Å². The van der Waals surface area contributed by atoms with Gasteiger partial charge in [0.1, 0.15) is 0 Å². The first-order valence-corrected chi connectivity index (χ1v) is 7.93. The van der Waals surface area contributed by atoms with Gasteiger partial charge < -0.3 is 10.2 Å². The van der Waals surface area contributed by atoms with Gasteiger partial charge in [-0.05, 0) is 52.4 Å². The van der Waals surface area contributed by atoms with Gasteiger partial charge in [-0.1, -0.05) is 17.8 Å². The number of likely N-dealkylation sites (N-methyl/N-ethyl adjacent to an activating group) is 1. The van der Waals surface area contributed by atoms with Crippen LogP contribution in [0.5, 0.6) is 0 Å². The van der Waals surface area contributed by atoms with Crippen LogP contribution in [0.1, 0.15) is 26.2 Å². The van der Waals surface area contributed by atoms with Gasteiger partial charge in [0.25, 0.3) is 0 Å². The molecule has 0 spiro atoms. The van der Waals surface area contributed by atoms with Crippen LogP contribution in [0.25, 0.3) is 0 Å². The van der Waals surface area contributed by atoms with Crippen LogP contribution in [0.2, 0.25) is 0 Å². The number of nitrogens with zero attached hydrogens (tertiary/aromatic N) is 2. The van der Waals surface area contributed by atoms with E-state index in [1.807, 2.05) is 25.1 Å². The van der Waals surface area contributed by atoms with Crippen LogP contribution >= 0.6 is 11.8 Å². The van der Waals surface area contributed by atoms with Crippen LogP contribution in [-0.2, 0) is 4.79 Å². The molecule has 0 aliphatic heterocycles. The number of hydrogen-bond acceptors (Lipinski definition) is 4. The van der Waals surface area contributed by atoms with E-state index < -0.39 is 0 Å². The first kappa shape index (κ1) is 15.3. The fourth-order valence-electron chi connectivity index (χ4n) is 2.55. The molecule has 4 nitrogen and oxygen atoms in total. The maximum atomic E-state index is 12.4. The number of hydrogen-bond donors (Lipinski definition) is 1. The van der Waals surface area contributed by atoms with Crippen molar-refractivity contribution < 1.29 is 4.79 Å². The molecule has 20 heavy (non-hydrogen) atoms. The van der Waals surface area contributed by atoms with Gasteiger partial charge in [0.05, 0.1) is 15.8 Å². The van der Waals surface area contributed by atoms with Crippen molar-refractivity contribution in [3.05, 3.63) is 24.4 Å². The molecule has 110 valence electrons. The molecule has 1 atom stereocenters. The Bertz CT molecular complexity index is 446. The van der Waals surface area contributed by atoms with E-state index in [0.29, 0.717) is 0 Å². The standard InChI is InChI=1S/C15H23N3OS/c1-12(20-13-7-4-5-10-16-13)14(19)17-15(8-6-9-15)11-18(2)3/h4-5,7,10,12H,6,8-9,11H2,1-3H3,(H,17,19). The molecule has 0 radical (unpaired) electrons. The van der Waals surface area contributed by atoms with Crippen molar-refractivity contribution in [2.45, 2.75) is 42.0 Å². The molecule has 0 aromatic carbocycles. The van der Waals surface area contributed by atoms with E-state index in [2.05, 4.69) is 29.3 Å². The van der Waals surface area contributed by atoms with Crippen molar-refractivity contribution in [3.63, 3.8) is 0 Å². The highest BCUT2D eigenvalue weighted by Crippen LogP contribution is 2.33. The third-order valence-corrected chi connectivity index (χ3v) is 4.67. The lowest BCUT2D eigenvalue weighted by Crippen LogP contribution is -2.60. The topological polar surface area (TPSA) is 45.2 Å². The maximum absolute atomic E-state index is 12.4. The summed E-state index contributed by atoms with van der Waals surface area (Å²) in [7, 11) is 4.11. The monoisotopic (exact) mass is 293 g/mol. The summed E-state index contributed by atoms with van der Waals surface area (Å²) in [5.74, 6) is 0.113. The van der Waals surface area contributed by atoms with Crippen LogP contribution in [0.3, 0.4) is 0 Å². The number of carbonyl (C=O) groups excluding carboxylic acids is 1. The van der Waals surface area contributed by atoms with Crippen molar-refractivity contribution >= 4 is 17.7 Å². The third kappa shape index (κ3) is 3.96. The summed E-state index contributed by atoms with van der Waals surface area (Å²) in [5.41, 5.74) is -0.0144. The highest BCUT2D eigenvalue weighted by molar-refractivity contribution is 8.00. The lowest BCUT2D eigenvalue weighted by molar-refractivity contribution is -0.123. The van der Waals surface area contributed by atoms with Crippen LogP contribution in [0.15, 0.2) is 29.4 Å². The molecule has 0 bridgehead atoms. The SMILES string of the molecule is CC(Sc1ccccn1)C(=O)NC1(CN(C)C)CCC1. The predicted octanol–water partition coefficient (Wildman–Crippen LogP) is 2.16. The second kappa shape index (κ2) is 6.59. The molecule has 1 aromatic rings. The van der Waals surface area contributed by atoms with E-state index in [1.54, 1.807) is 6.20 Å². The Hall–Kier alpha value is -1.07. The molecule has 5 heteroatoms. The number of nitrogens with one attached hydrogen (secondary N) is 1. The molecule has 1 aromatic heterocycles. The Morgan fingerprint density at radius 1 is 1.50 bits per heavy atom. The van der Waals surface area contributed by atoms with Gasteiger partial charge in [-0.15, -0.1) is 0 Å². The largest absolute Gasteiger partial charge is 0.348 e. The summed E-state index contributed by atoms with van der Waals surface area (Å²) in [4.78, 5) is 18.8. The average Bonchev–Trinajstić information content (AvgIpc) is 2.36. The number of amides is 1. The van der Waals surface area contributed by atoms with Gasteiger partial charge in [-0.3, -0.25) is 4.79 Å². The second-order valence-corrected chi connectivity index (χ2v) is 7.15. The predicted molar refractivity (Wildman–Crippen MR) is 82.8 cm³/mol. The normalized spacial score (nSPS) is 18.4. The van der Waals surface area contributed by atoms with E-state index >= 15 is 0 Å². The van der Waals surface area contributed by atoms with Crippen molar-refractivity contribution in [3.8, 4) is 0 Å². The van der Waals surface area contributed by atoms with E-state index in [0.717, 1.165) is 24.4 Å². The Morgan fingerprint density at radius 3 is 2.75 bits per heavy atom. The van der Waals surface area contributed by atoms with Gasteiger partial charge in [0, 0.05) is 12.7 Å². The number of pyridine rings is 1. The number of carbonyl (C=O) groups is 1.